The first-order valence-corrected chi connectivity index (χ1v) is 10.4. The van der Waals surface area contributed by atoms with Gasteiger partial charge in [-0.2, -0.15) is 0 Å². The van der Waals surface area contributed by atoms with Crippen molar-refractivity contribution < 1.29 is 49.4 Å². The molecule has 0 bridgehead atoms. The van der Waals surface area contributed by atoms with Gasteiger partial charge in [0.25, 0.3) is 0 Å². The molecule has 0 aliphatic rings. The van der Waals surface area contributed by atoms with E-state index in [-0.39, 0.29) is 0 Å². The van der Waals surface area contributed by atoms with Crippen molar-refractivity contribution in [2.24, 2.45) is 0 Å². The minimum absolute atomic E-state index is 0.438. The summed E-state index contributed by atoms with van der Waals surface area (Å²) in [6.45, 7) is 9.46. The van der Waals surface area contributed by atoms with Gasteiger partial charge in [-0.3, -0.25) is 14.5 Å². The predicted molar refractivity (Wildman–Crippen MR) is 117 cm³/mol. The van der Waals surface area contributed by atoms with E-state index in [0.29, 0.717) is 19.7 Å². The number of rotatable bonds is 13. The molecule has 0 amide bonds. The van der Waals surface area contributed by atoms with E-state index in [1.807, 2.05) is 62.9 Å². The second-order valence-corrected chi connectivity index (χ2v) is 7.19. The fourth-order valence-corrected chi connectivity index (χ4v) is 3.61. The van der Waals surface area contributed by atoms with Crippen LogP contribution >= 0.6 is 0 Å². The number of nitrogens with zero attached hydrogens (tertiary/aromatic N) is 1. The maximum atomic E-state index is 12.2. The zero-order chi connectivity index (χ0) is 25.8. The van der Waals surface area contributed by atoms with Gasteiger partial charge in [0.2, 0.25) is 0 Å². The van der Waals surface area contributed by atoms with Crippen molar-refractivity contribution in [1.29, 1.82) is 0 Å². The monoisotopic (exact) mass is 471 g/mol. The van der Waals surface area contributed by atoms with Crippen LogP contribution < -0.4 is 0 Å². The van der Waals surface area contributed by atoms with Crippen molar-refractivity contribution in [2.45, 2.75) is 57.8 Å². The van der Waals surface area contributed by atoms with Crippen LogP contribution in [0.4, 0.5) is 0 Å². The van der Waals surface area contributed by atoms with Crippen LogP contribution in [0.2, 0.25) is 0 Å². The molecule has 11 nitrogen and oxygen atoms in total. The molecule has 0 saturated heterocycles. The van der Waals surface area contributed by atoms with Crippen LogP contribution in [0.1, 0.15) is 46.1 Å². The molecule has 5 N–H and O–H groups in total. The molecular formula is C22H33NO10. The average Bonchev–Trinajstić information content (AvgIpc) is 2.71. The largest absolute Gasteiger partial charge is 0.481 e. The summed E-state index contributed by atoms with van der Waals surface area (Å²) >= 11 is 0. The highest BCUT2D eigenvalue weighted by Crippen LogP contribution is 2.34. The molecule has 2 unspecified atom stereocenters. The van der Waals surface area contributed by atoms with Gasteiger partial charge in [-0.05, 0) is 32.5 Å². The number of likely N-dealkylation sites (N-methyl/N-ethyl adjacent to an activating group) is 1. The van der Waals surface area contributed by atoms with Crippen molar-refractivity contribution in [3.8, 4) is 0 Å². The Morgan fingerprint density at radius 3 is 1.64 bits per heavy atom. The van der Waals surface area contributed by atoms with E-state index < -0.39 is 54.0 Å². The predicted octanol–water partition coefficient (Wildman–Crippen LogP) is 1.48. The Labute approximate surface area is 192 Å². The molecule has 1 rings (SSSR count). The van der Waals surface area contributed by atoms with Gasteiger partial charge < -0.3 is 30.3 Å². The molecule has 0 saturated carbocycles. The van der Waals surface area contributed by atoms with E-state index in [4.69, 9.17) is 25.2 Å². The zero-order valence-corrected chi connectivity index (χ0v) is 19.2. The number of hydrogen-bond acceptors (Lipinski definition) is 7. The van der Waals surface area contributed by atoms with Crippen LogP contribution in [0.5, 0.6) is 0 Å². The lowest BCUT2D eigenvalue weighted by Gasteiger charge is -2.43. The standard InChI is InChI=1S/C16H25NO3.C6H8O7/c1-5-17(6-2)16(15(18)19,13(4)20-7-3)14-11-9-8-10-12-14;7-3(8)1-6(13,5(11)12)2-4(9)10/h8-13H,5-7H2,1-4H3,(H,18,19);13H,1-2H2,(H,7,8)(H,9,10)(H,11,12). The van der Waals surface area contributed by atoms with Gasteiger partial charge in [-0.15, -0.1) is 0 Å². The average molecular weight is 472 g/mol. The molecular weight excluding hydrogens is 438 g/mol. The molecule has 0 aliphatic heterocycles. The molecule has 1 aromatic rings. The van der Waals surface area contributed by atoms with Crippen LogP contribution in [-0.4, -0.2) is 85.7 Å². The highest BCUT2D eigenvalue weighted by molar-refractivity contribution is 5.88. The Kier molecular flexibility index (Phi) is 12.3. The first-order valence-electron chi connectivity index (χ1n) is 10.4. The summed E-state index contributed by atoms with van der Waals surface area (Å²) in [6, 6.07) is 9.36. The molecule has 33 heavy (non-hydrogen) atoms. The minimum atomic E-state index is -2.74. The second kappa shape index (κ2) is 13.5. The summed E-state index contributed by atoms with van der Waals surface area (Å²) in [6.07, 6.45) is -2.73. The number of hydrogen-bond donors (Lipinski definition) is 5. The van der Waals surface area contributed by atoms with Gasteiger partial charge in [-0.1, -0.05) is 44.2 Å². The Hall–Kier alpha value is -3.02. The van der Waals surface area contributed by atoms with Crippen molar-refractivity contribution >= 4 is 23.9 Å². The lowest BCUT2D eigenvalue weighted by atomic mass is 9.82. The van der Waals surface area contributed by atoms with E-state index >= 15 is 0 Å². The lowest BCUT2D eigenvalue weighted by Crippen LogP contribution is -2.59. The molecule has 0 radical (unpaired) electrons. The first-order chi connectivity index (χ1) is 15.3. The fraction of sp³-hybridized carbons (Fsp3) is 0.545. The minimum Gasteiger partial charge on any atom is -0.481 e. The van der Waals surface area contributed by atoms with E-state index in [0.717, 1.165) is 5.56 Å². The summed E-state index contributed by atoms with van der Waals surface area (Å²) in [5, 5.41) is 43.8. The zero-order valence-electron chi connectivity index (χ0n) is 19.2. The molecule has 0 heterocycles. The number of benzene rings is 1. The van der Waals surface area contributed by atoms with Crippen LogP contribution in [0.25, 0.3) is 0 Å². The van der Waals surface area contributed by atoms with Gasteiger partial charge >= 0.3 is 23.9 Å². The number of carboxylic acid groups (broad SMARTS) is 4. The van der Waals surface area contributed by atoms with Gasteiger partial charge in [0.15, 0.2) is 11.1 Å². The van der Waals surface area contributed by atoms with Crippen molar-refractivity contribution in [3.05, 3.63) is 35.9 Å². The Bertz CT molecular complexity index is 778. The van der Waals surface area contributed by atoms with E-state index in [9.17, 15) is 24.3 Å². The van der Waals surface area contributed by atoms with Crippen LogP contribution in [-0.2, 0) is 29.5 Å². The van der Waals surface area contributed by atoms with E-state index in [1.165, 1.54) is 0 Å². The Morgan fingerprint density at radius 1 is 0.879 bits per heavy atom. The lowest BCUT2D eigenvalue weighted by molar-refractivity contribution is -0.170. The molecule has 1 aromatic carbocycles. The molecule has 0 aromatic heterocycles. The third kappa shape index (κ3) is 7.81. The summed E-state index contributed by atoms with van der Waals surface area (Å²) in [5.41, 5.74) is -3.13. The Morgan fingerprint density at radius 2 is 1.33 bits per heavy atom. The molecule has 0 aliphatic carbocycles. The number of carboxylic acids is 4. The molecule has 2 atom stereocenters. The summed E-state index contributed by atoms with van der Waals surface area (Å²) in [7, 11) is 0. The fourth-order valence-electron chi connectivity index (χ4n) is 3.61. The number of ether oxygens (including phenoxy) is 1. The third-order valence-corrected chi connectivity index (χ3v) is 5.09. The van der Waals surface area contributed by atoms with Gasteiger partial charge in [0.1, 0.15) is 0 Å². The van der Waals surface area contributed by atoms with Gasteiger partial charge in [0, 0.05) is 6.61 Å². The van der Waals surface area contributed by atoms with Crippen LogP contribution in [0.3, 0.4) is 0 Å². The third-order valence-electron chi connectivity index (χ3n) is 5.09. The summed E-state index contributed by atoms with van der Waals surface area (Å²) < 4.78 is 5.69. The maximum absolute atomic E-state index is 12.2. The normalized spacial score (nSPS) is 13.9. The van der Waals surface area contributed by atoms with Crippen molar-refractivity contribution in [1.82, 2.24) is 4.90 Å². The summed E-state index contributed by atoms with van der Waals surface area (Å²) in [4.78, 5) is 44.6. The smallest absolute Gasteiger partial charge is 0.336 e. The van der Waals surface area contributed by atoms with E-state index in [2.05, 4.69) is 0 Å². The highest BCUT2D eigenvalue weighted by Gasteiger charge is 2.50. The molecule has 11 heteroatoms. The number of aliphatic hydroxyl groups is 1. The van der Waals surface area contributed by atoms with Crippen LogP contribution in [0.15, 0.2) is 30.3 Å². The maximum Gasteiger partial charge on any atom is 0.336 e. The van der Waals surface area contributed by atoms with Gasteiger partial charge in [0.05, 0.1) is 18.9 Å². The van der Waals surface area contributed by atoms with Crippen molar-refractivity contribution in [3.63, 3.8) is 0 Å². The summed E-state index contributed by atoms with van der Waals surface area (Å²) in [5.74, 6) is -5.89. The highest BCUT2D eigenvalue weighted by atomic mass is 16.5. The quantitative estimate of drug-likeness (QED) is 0.281. The molecule has 186 valence electrons. The second-order valence-electron chi connectivity index (χ2n) is 7.19. The van der Waals surface area contributed by atoms with Crippen LogP contribution in [0, 0.1) is 0 Å². The SMILES string of the molecule is CCOC(C)C(C(=O)O)(c1ccccc1)N(CC)CC.O=C(O)CC(O)(CC(=O)O)C(=O)O. The van der Waals surface area contributed by atoms with Gasteiger partial charge in [-0.25, -0.2) is 9.59 Å². The van der Waals surface area contributed by atoms with E-state index in [1.54, 1.807) is 0 Å². The van der Waals surface area contributed by atoms with Crippen molar-refractivity contribution in [2.75, 3.05) is 19.7 Å². The Balaban J connectivity index is 0.000000684. The topological polar surface area (TPSA) is 182 Å². The molecule has 0 spiro atoms. The molecule has 0 fully saturated rings. The first kappa shape index (κ1) is 30.0. The number of aliphatic carboxylic acids is 4. The number of carbonyl (C=O) groups is 4.